The highest BCUT2D eigenvalue weighted by molar-refractivity contribution is 6.31. The number of carbonyl (C=O) groups excluding carboxylic acids is 1. The predicted octanol–water partition coefficient (Wildman–Crippen LogP) is 2.05. The van der Waals surface area contributed by atoms with Gasteiger partial charge in [-0.1, -0.05) is 17.7 Å². The summed E-state index contributed by atoms with van der Waals surface area (Å²) < 4.78 is 0. The van der Waals surface area contributed by atoms with Crippen LogP contribution in [0.5, 0.6) is 5.75 Å². The molecule has 5 heteroatoms. The lowest BCUT2D eigenvalue weighted by Crippen LogP contribution is -2.44. The molecule has 1 aromatic rings. The van der Waals surface area contributed by atoms with E-state index in [-0.39, 0.29) is 23.7 Å². The van der Waals surface area contributed by atoms with Crippen molar-refractivity contribution in [2.45, 2.75) is 39.4 Å². The number of hydrogen-bond donors (Lipinski definition) is 3. The first-order valence-corrected chi connectivity index (χ1v) is 6.29. The first-order chi connectivity index (χ1) is 8.41. The molecule has 0 bridgehead atoms. The van der Waals surface area contributed by atoms with E-state index in [0.717, 1.165) is 0 Å². The van der Waals surface area contributed by atoms with E-state index in [4.69, 9.17) is 11.6 Å². The zero-order valence-corrected chi connectivity index (χ0v) is 11.6. The van der Waals surface area contributed by atoms with Crippen LogP contribution < -0.4 is 10.6 Å². The summed E-state index contributed by atoms with van der Waals surface area (Å²) in [4.78, 5) is 11.7. The molecule has 0 aromatic heterocycles. The van der Waals surface area contributed by atoms with Crippen LogP contribution >= 0.6 is 11.6 Å². The minimum Gasteiger partial charge on any atom is -0.508 e. The average molecular weight is 271 g/mol. The summed E-state index contributed by atoms with van der Waals surface area (Å²) in [6.45, 7) is 5.93. The van der Waals surface area contributed by atoms with Crippen LogP contribution in [-0.2, 0) is 11.3 Å². The summed E-state index contributed by atoms with van der Waals surface area (Å²) in [5.74, 6) is 0.0583. The molecule has 0 aliphatic rings. The standard InChI is InChI=1S/C13H19ClN2O2/c1-8(2)16-13(18)9(3)15-7-10-11(14)5-4-6-12(10)17/h4-6,8-9,15,17H,7H2,1-3H3,(H,16,18). The monoisotopic (exact) mass is 270 g/mol. The first-order valence-electron chi connectivity index (χ1n) is 5.92. The van der Waals surface area contributed by atoms with Crippen LogP contribution in [0, 0.1) is 0 Å². The Morgan fingerprint density at radius 2 is 2.06 bits per heavy atom. The molecule has 0 spiro atoms. The van der Waals surface area contributed by atoms with Crippen molar-refractivity contribution < 1.29 is 9.90 Å². The van der Waals surface area contributed by atoms with Gasteiger partial charge < -0.3 is 15.7 Å². The molecule has 0 saturated heterocycles. The van der Waals surface area contributed by atoms with Crippen LogP contribution in [0.1, 0.15) is 26.3 Å². The quantitative estimate of drug-likeness (QED) is 0.767. The second-order valence-corrected chi connectivity index (χ2v) is 4.91. The Balaban J connectivity index is 2.57. The van der Waals surface area contributed by atoms with Gasteiger partial charge in [0.05, 0.1) is 6.04 Å². The molecule has 1 aromatic carbocycles. The van der Waals surface area contributed by atoms with Crippen molar-refractivity contribution in [2.24, 2.45) is 0 Å². The maximum atomic E-state index is 11.7. The van der Waals surface area contributed by atoms with E-state index in [1.54, 1.807) is 25.1 Å². The number of phenols is 1. The maximum Gasteiger partial charge on any atom is 0.237 e. The number of rotatable bonds is 5. The van der Waals surface area contributed by atoms with E-state index in [9.17, 15) is 9.90 Å². The predicted molar refractivity (Wildman–Crippen MR) is 72.7 cm³/mol. The fourth-order valence-electron chi connectivity index (χ4n) is 1.48. The summed E-state index contributed by atoms with van der Waals surface area (Å²) >= 11 is 5.98. The zero-order valence-electron chi connectivity index (χ0n) is 10.8. The summed E-state index contributed by atoms with van der Waals surface area (Å²) in [5.41, 5.74) is 0.600. The topological polar surface area (TPSA) is 61.4 Å². The highest BCUT2D eigenvalue weighted by Crippen LogP contribution is 2.24. The maximum absolute atomic E-state index is 11.7. The number of hydrogen-bond acceptors (Lipinski definition) is 3. The molecule has 1 atom stereocenters. The van der Waals surface area contributed by atoms with Crippen LogP contribution in [0.4, 0.5) is 0 Å². The number of amides is 1. The molecule has 0 heterocycles. The lowest BCUT2D eigenvalue weighted by Gasteiger charge is -2.16. The largest absolute Gasteiger partial charge is 0.508 e. The van der Waals surface area contributed by atoms with Gasteiger partial charge in [-0.2, -0.15) is 0 Å². The van der Waals surface area contributed by atoms with Gasteiger partial charge in [0.1, 0.15) is 5.75 Å². The SMILES string of the molecule is CC(C)NC(=O)C(C)NCc1c(O)cccc1Cl. The minimum atomic E-state index is -0.344. The molecule has 0 saturated carbocycles. The van der Waals surface area contributed by atoms with Crippen molar-refractivity contribution in [3.8, 4) is 5.75 Å². The second-order valence-electron chi connectivity index (χ2n) is 4.50. The van der Waals surface area contributed by atoms with Crippen LogP contribution in [-0.4, -0.2) is 23.1 Å². The minimum absolute atomic E-state index is 0.0726. The third kappa shape index (κ3) is 4.20. The molecule has 0 fully saturated rings. The van der Waals surface area contributed by atoms with Gasteiger partial charge >= 0.3 is 0 Å². The normalized spacial score (nSPS) is 12.5. The Bertz CT molecular complexity index is 401. The van der Waals surface area contributed by atoms with E-state index in [2.05, 4.69) is 10.6 Å². The molecule has 1 rings (SSSR count). The van der Waals surface area contributed by atoms with Crippen LogP contribution in [0.3, 0.4) is 0 Å². The van der Waals surface area contributed by atoms with Crippen molar-refractivity contribution in [1.82, 2.24) is 10.6 Å². The van der Waals surface area contributed by atoms with Crippen molar-refractivity contribution >= 4 is 17.5 Å². The van der Waals surface area contributed by atoms with Crippen molar-refractivity contribution in [3.63, 3.8) is 0 Å². The van der Waals surface area contributed by atoms with Crippen molar-refractivity contribution in [3.05, 3.63) is 28.8 Å². The number of halogens is 1. The lowest BCUT2D eigenvalue weighted by atomic mass is 10.2. The molecular weight excluding hydrogens is 252 g/mol. The van der Waals surface area contributed by atoms with Gasteiger partial charge in [0, 0.05) is 23.2 Å². The van der Waals surface area contributed by atoms with E-state index >= 15 is 0 Å². The number of carbonyl (C=O) groups is 1. The van der Waals surface area contributed by atoms with Crippen LogP contribution in [0.15, 0.2) is 18.2 Å². The van der Waals surface area contributed by atoms with E-state index < -0.39 is 0 Å². The molecule has 1 unspecified atom stereocenters. The lowest BCUT2D eigenvalue weighted by molar-refractivity contribution is -0.123. The Morgan fingerprint density at radius 1 is 1.39 bits per heavy atom. The fraction of sp³-hybridized carbons (Fsp3) is 0.462. The molecule has 0 aliphatic carbocycles. The molecule has 18 heavy (non-hydrogen) atoms. The number of benzene rings is 1. The molecule has 4 nitrogen and oxygen atoms in total. The molecule has 100 valence electrons. The van der Waals surface area contributed by atoms with Crippen LogP contribution in [0.25, 0.3) is 0 Å². The molecule has 0 aliphatic heterocycles. The van der Waals surface area contributed by atoms with Crippen molar-refractivity contribution in [2.75, 3.05) is 0 Å². The second kappa shape index (κ2) is 6.61. The fourth-order valence-corrected chi connectivity index (χ4v) is 1.72. The Labute approximate surface area is 112 Å². The number of nitrogens with one attached hydrogen (secondary N) is 2. The summed E-state index contributed by atoms with van der Waals surface area (Å²) in [7, 11) is 0. The zero-order chi connectivity index (χ0) is 13.7. The van der Waals surface area contributed by atoms with Gasteiger partial charge in [0.25, 0.3) is 0 Å². The average Bonchev–Trinajstić information content (AvgIpc) is 2.27. The van der Waals surface area contributed by atoms with Gasteiger partial charge in [-0.3, -0.25) is 4.79 Å². The Hall–Kier alpha value is -1.26. The third-order valence-electron chi connectivity index (χ3n) is 2.50. The van der Waals surface area contributed by atoms with E-state index in [1.165, 1.54) is 0 Å². The Kier molecular flexibility index (Phi) is 5.44. The summed E-state index contributed by atoms with van der Waals surface area (Å²) in [5, 5.41) is 16.0. The summed E-state index contributed by atoms with van der Waals surface area (Å²) in [6.07, 6.45) is 0. The number of aromatic hydroxyl groups is 1. The van der Waals surface area contributed by atoms with E-state index in [1.807, 2.05) is 13.8 Å². The van der Waals surface area contributed by atoms with Crippen LogP contribution in [0.2, 0.25) is 5.02 Å². The van der Waals surface area contributed by atoms with Crippen molar-refractivity contribution in [1.29, 1.82) is 0 Å². The highest BCUT2D eigenvalue weighted by atomic mass is 35.5. The molecular formula is C13H19ClN2O2. The van der Waals surface area contributed by atoms with Gasteiger partial charge in [-0.25, -0.2) is 0 Å². The van der Waals surface area contributed by atoms with Gasteiger partial charge in [-0.05, 0) is 32.9 Å². The highest BCUT2D eigenvalue weighted by Gasteiger charge is 2.14. The third-order valence-corrected chi connectivity index (χ3v) is 2.86. The Morgan fingerprint density at radius 3 is 2.61 bits per heavy atom. The first kappa shape index (κ1) is 14.8. The van der Waals surface area contributed by atoms with Gasteiger partial charge in [0.2, 0.25) is 5.91 Å². The molecule has 0 radical (unpaired) electrons. The summed E-state index contributed by atoms with van der Waals surface area (Å²) in [6, 6.07) is 4.72. The number of phenolic OH excluding ortho intramolecular Hbond substituents is 1. The van der Waals surface area contributed by atoms with E-state index in [0.29, 0.717) is 17.1 Å². The molecule has 3 N–H and O–H groups in total. The molecule has 1 amide bonds. The van der Waals surface area contributed by atoms with Gasteiger partial charge in [-0.15, -0.1) is 0 Å². The van der Waals surface area contributed by atoms with Gasteiger partial charge in [0.15, 0.2) is 0 Å². The smallest absolute Gasteiger partial charge is 0.237 e.